The highest BCUT2D eigenvalue weighted by molar-refractivity contribution is 6.06. The van der Waals surface area contributed by atoms with Crippen LogP contribution in [0.1, 0.15) is 40.2 Å². The molecule has 1 aliphatic rings. The number of hydrogen-bond donors (Lipinski definition) is 1. The van der Waals surface area contributed by atoms with Gasteiger partial charge in [0.2, 0.25) is 5.91 Å². The first-order valence-corrected chi connectivity index (χ1v) is 13.1. The van der Waals surface area contributed by atoms with Gasteiger partial charge in [-0.15, -0.1) is 5.10 Å². The molecule has 9 heteroatoms. The van der Waals surface area contributed by atoms with Gasteiger partial charge in [0.15, 0.2) is 0 Å². The van der Waals surface area contributed by atoms with Crippen molar-refractivity contribution in [2.75, 3.05) is 18.4 Å². The van der Waals surface area contributed by atoms with Crippen molar-refractivity contribution in [1.82, 2.24) is 29.4 Å². The summed E-state index contributed by atoms with van der Waals surface area (Å²) in [5, 5.41) is 10.9. The van der Waals surface area contributed by atoms with E-state index in [0.29, 0.717) is 23.7 Å². The number of hydrogen-bond acceptors (Lipinski definition) is 5. The average molecular weight is 520 g/mol. The lowest BCUT2D eigenvalue weighted by Gasteiger charge is -2.32. The van der Waals surface area contributed by atoms with E-state index >= 15 is 0 Å². The molecule has 0 unspecified atom stereocenters. The van der Waals surface area contributed by atoms with E-state index in [1.807, 2.05) is 71.0 Å². The third-order valence-corrected chi connectivity index (χ3v) is 7.39. The molecule has 0 saturated carbocycles. The van der Waals surface area contributed by atoms with Gasteiger partial charge in [0.1, 0.15) is 6.54 Å². The van der Waals surface area contributed by atoms with Gasteiger partial charge in [-0.1, -0.05) is 41.1 Å². The predicted octanol–water partition coefficient (Wildman–Crippen LogP) is 4.58. The van der Waals surface area contributed by atoms with Crippen LogP contribution in [0.4, 0.5) is 5.69 Å². The van der Waals surface area contributed by atoms with E-state index in [-0.39, 0.29) is 11.8 Å². The maximum Gasteiger partial charge on any atom is 0.257 e. The first-order chi connectivity index (χ1) is 19.0. The van der Waals surface area contributed by atoms with Gasteiger partial charge < -0.3 is 14.8 Å². The number of carbonyl (C=O) groups is 2. The zero-order valence-electron chi connectivity index (χ0n) is 21.7. The molecule has 1 saturated heterocycles. The fraction of sp³-hybridized carbons (Fsp3) is 0.233. The van der Waals surface area contributed by atoms with Crippen molar-refractivity contribution in [3.05, 3.63) is 102 Å². The van der Waals surface area contributed by atoms with Crippen molar-refractivity contribution in [2.24, 2.45) is 0 Å². The second-order valence-electron chi connectivity index (χ2n) is 9.96. The van der Waals surface area contributed by atoms with Gasteiger partial charge in [-0.2, -0.15) is 0 Å². The zero-order valence-corrected chi connectivity index (χ0v) is 21.7. The summed E-state index contributed by atoms with van der Waals surface area (Å²) in [6.45, 7) is 3.72. The molecule has 1 aliphatic heterocycles. The Hall–Kier alpha value is -4.79. The van der Waals surface area contributed by atoms with Crippen LogP contribution in [0.3, 0.4) is 0 Å². The molecule has 39 heavy (non-hydrogen) atoms. The minimum atomic E-state index is -0.200. The number of amides is 2. The first-order valence-electron chi connectivity index (χ1n) is 13.1. The molecule has 9 nitrogen and oxygen atoms in total. The standard InChI is InChI=1S/C30H29N7O2/c1-21-6-11-27(37-17-14-32-34-37)25(18-21)30(39)33-24-9-7-22(8-10-24)23-12-15-35(16-13-23)29(38)19-36-20-31-26-4-2-3-5-28(26)36/h2-11,14,17-18,20,23H,12-13,15-16,19H2,1H3,(H,33,39). The number of nitrogens with zero attached hydrogens (tertiary/aromatic N) is 6. The Morgan fingerprint density at radius 3 is 2.56 bits per heavy atom. The molecular weight excluding hydrogens is 490 g/mol. The number of para-hydroxylation sites is 2. The van der Waals surface area contributed by atoms with E-state index < -0.39 is 0 Å². The summed E-state index contributed by atoms with van der Waals surface area (Å²) in [5.41, 5.74) is 6.03. The number of carbonyl (C=O) groups excluding carboxylic acids is 2. The Kier molecular flexibility index (Phi) is 6.62. The molecule has 1 fully saturated rings. The highest BCUT2D eigenvalue weighted by atomic mass is 16.2. The number of anilines is 1. The van der Waals surface area contributed by atoms with Gasteiger partial charge in [0, 0.05) is 18.8 Å². The Morgan fingerprint density at radius 1 is 1.00 bits per heavy atom. The van der Waals surface area contributed by atoms with Crippen LogP contribution in [-0.4, -0.2) is 54.3 Å². The minimum absolute atomic E-state index is 0.121. The number of fused-ring (bicyclic) bond motifs is 1. The van der Waals surface area contributed by atoms with Crippen LogP contribution < -0.4 is 5.32 Å². The summed E-state index contributed by atoms with van der Waals surface area (Å²) in [6, 6.07) is 21.6. The third-order valence-electron chi connectivity index (χ3n) is 7.39. The molecule has 3 heterocycles. The van der Waals surface area contributed by atoms with E-state index in [0.717, 1.165) is 48.2 Å². The lowest BCUT2D eigenvalue weighted by atomic mass is 9.89. The van der Waals surface area contributed by atoms with E-state index in [4.69, 9.17) is 0 Å². The Balaban J connectivity index is 1.06. The number of aryl methyl sites for hydroxylation is 1. The number of benzene rings is 3. The fourth-order valence-corrected chi connectivity index (χ4v) is 5.25. The number of aromatic nitrogens is 5. The van der Waals surface area contributed by atoms with Gasteiger partial charge in [-0.05, 0) is 67.6 Å². The van der Waals surface area contributed by atoms with Crippen molar-refractivity contribution < 1.29 is 9.59 Å². The van der Waals surface area contributed by atoms with Gasteiger partial charge in [-0.25, -0.2) is 9.67 Å². The minimum Gasteiger partial charge on any atom is -0.341 e. The topological polar surface area (TPSA) is 97.9 Å². The van der Waals surface area contributed by atoms with Crippen molar-refractivity contribution >= 4 is 28.5 Å². The van der Waals surface area contributed by atoms with Crippen LogP contribution in [0.15, 0.2) is 85.5 Å². The summed E-state index contributed by atoms with van der Waals surface area (Å²) in [5.74, 6) is 0.300. The molecule has 1 N–H and O–H groups in total. The van der Waals surface area contributed by atoms with Crippen LogP contribution in [0.2, 0.25) is 0 Å². The summed E-state index contributed by atoms with van der Waals surface area (Å²) in [7, 11) is 0. The first kappa shape index (κ1) is 24.5. The van der Waals surface area contributed by atoms with Gasteiger partial charge in [-0.3, -0.25) is 9.59 Å². The quantitative estimate of drug-likeness (QED) is 0.354. The zero-order chi connectivity index (χ0) is 26.8. The Morgan fingerprint density at radius 2 is 1.79 bits per heavy atom. The molecule has 6 rings (SSSR count). The van der Waals surface area contributed by atoms with Crippen molar-refractivity contribution in [3.8, 4) is 5.69 Å². The normalized spacial score (nSPS) is 14.0. The largest absolute Gasteiger partial charge is 0.341 e. The van der Waals surface area contributed by atoms with Crippen molar-refractivity contribution in [2.45, 2.75) is 32.2 Å². The maximum atomic E-state index is 13.1. The molecule has 196 valence electrons. The van der Waals surface area contributed by atoms with Crippen LogP contribution in [0.25, 0.3) is 16.7 Å². The molecular formula is C30H29N7O2. The highest BCUT2D eigenvalue weighted by Gasteiger charge is 2.24. The fourth-order valence-electron chi connectivity index (χ4n) is 5.25. The summed E-state index contributed by atoms with van der Waals surface area (Å²) < 4.78 is 3.51. The maximum absolute atomic E-state index is 13.1. The monoisotopic (exact) mass is 519 g/mol. The second-order valence-corrected chi connectivity index (χ2v) is 9.96. The number of likely N-dealkylation sites (tertiary alicyclic amines) is 1. The number of imidazole rings is 1. The lowest BCUT2D eigenvalue weighted by Crippen LogP contribution is -2.39. The van der Waals surface area contributed by atoms with E-state index in [2.05, 4.69) is 32.7 Å². The number of rotatable bonds is 6. The van der Waals surface area contributed by atoms with Crippen LogP contribution >= 0.6 is 0 Å². The van der Waals surface area contributed by atoms with Crippen LogP contribution in [0, 0.1) is 6.92 Å². The Bertz CT molecular complexity index is 1620. The number of nitrogens with one attached hydrogen (secondary N) is 1. The van der Waals surface area contributed by atoms with Gasteiger partial charge >= 0.3 is 0 Å². The SMILES string of the molecule is Cc1ccc(-n2ccnn2)c(C(=O)Nc2ccc(C3CCN(C(=O)Cn4cnc5ccccc54)CC3)cc2)c1. The average Bonchev–Trinajstić information content (AvgIpc) is 3.64. The van der Waals surface area contributed by atoms with Crippen LogP contribution in [0.5, 0.6) is 0 Å². The molecule has 0 bridgehead atoms. The molecule has 2 aromatic heterocycles. The molecule has 0 radical (unpaired) electrons. The molecule has 2 amide bonds. The molecule has 0 spiro atoms. The van der Waals surface area contributed by atoms with Gasteiger partial charge in [0.05, 0.1) is 41.0 Å². The third kappa shape index (κ3) is 5.16. The molecule has 0 aliphatic carbocycles. The van der Waals surface area contributed by atoms with E-state index in [9.17, 15) is 9.59 Å². The summed E-state index contributed by atoms with van der Waals surface area (Å²) >= 11 is 0. The van der Waals surface area contributed by atoms with Gasteiger partial charge in [0.25, 0.3) is 5.91 Å². The van der Waals surface area contributed by atoms with E-state index in [1.54, 1.807) is 23.4 Å². The Labute approximate surface area is 226 Å². The summed E-state index contributed by atoms with van der Waals surface area (Å²) in [6.07, 6.45) is 6.86. The summed E-state index contributed by atoms with van der Waals surface area (Å²) in [4.78, 5) is 32.4. The second kappa shape index (κ2) is 10.5. The highest BCUT2D eigenvalue weighted by Crippen LogP contribution is 2.29. The molecule has 0 atom stereocenters. The number of piperidine rings is 1. The van der Waals surface area contributed by atoms with E-state index in [1.165, 1.54) is 5.56 Å². The van der Waals surface area contributed by atoms with Crippen LogP contribution in [-0.2, 0) is 11.3 Å². The lowest BCUT2D eigenvalue weighted by molar-refractivity contribution is -0.132. The predicted molar refractivity (Wildman–Crippen MR) is 149 cm³/mol. The smallest absolute Gasteiger partial charge is 0.257 e. The molecule has 5 aromatic rings. The van der Waals surface area contributed by atoms with Crippen molar-refractivity contribution in [1.29, 1.82) is 0 Å². The van der Waals surface area contributed by atoms with Crippen molar-refractivity contribution in [3.63, 3.8) is 0 Å². The molecule has 3 aromatic carbocycles.